The molecule has 2 aromatic carbocycles. The number of carbonyl (C=O) groups excluding carboxylic acids is 2. The van der Waals surface area contributed by atoms with Gasteiger partial charge in [0.1, 0.15) is 11.0 Å². The minimum atomic E-state index is -0.490. The number of benzene rings is 2. The SMILES string of the molecule is CCCCCc1ccc(C(=O)N2CCCC2C(=O)Nc2nnc(-c3ccccc3)s2)cc1. The number of anilines is 1. The van der Waals surface area contributed by atoms with E-state index in [1.165, 1.54) is 29.7 Å². The Hall–Kier alpha value is -3.06. The van der Waals surface area contributed by atoms with E-state index in [0.717, 1.165) is 29.8 Å². The largest absolute Gasteiger partial charge is 0.327 e. The summed E-state index contributed by atoms with van der Waals surface area (Å²) in [6, 6.07) is 17.1. The van der Waals surface area contributed by atoms with Gasteiger partial charge in [-0.1, -0.05) is 73.6 Å². The summed E-state index contributed by atoms with van der Waals surface area (Å²) in [4.78, 5) is 27.7. The topological polar surface area (TPSA) is 75.2 Å². The van der Waals surface area contributed by atoms with Gasteiger partial charge in [0.2, 0.25) is 11.0 Å². The molecular weight excluding hydrogens is 420 g/mol. The molecule has 1 fully saturated rings. The van der Waals surface area contributed by atoms with Gasteiger partial charge in [0.15, 0.2) is 0 Å². The zero-order valence-electron chi connectivity index (χ0n) is 18.3. The lowest BCUT2D eigenvalue weighted by Gasteiger charge is -2.23. The van der Waals surface area contributed by atoms with Gasteiger partial charge < -0.3 is 4.90 Å². The van der Waals surface area contributed by atoms with E-state index < -0.39 is 6.04 Å². The normalized spacial score (nSPS) is 15.7. The summed E-state index contributed by atoms with van der Waals surface area (Å²) >= 11 is 1.33. The first-order valence-electron chi connectivity index (χ1n) is 11.3. The number of aromatic nitrogens is 2. The zero-order valence-corrected chi connectivity index (χ0v) is 19.1. The monoisotopic (exact) mass is 448 g/mol. The smallest absolute Gasteiger partial charge is 0.254 e. The van der Waals surface area contributed by atoms with Crippen molar-refractivity contribution in [2.45, 2.75) is 51.5 Å². The van der Waals surface area contributed by atoms with Crippen molar-refractivity contribution in [1.82, 2.24) is 15.1 Å². The van der Waals surface area contributed by atoms with E-state index in [-0.39, 0.29) is 11.8 Å². The number of likely N-dealkylation sites (tertiary alicyclic amines) is 1. The highest BCUT2D eigenvalue weighted by atomic mass is 32.1. The molecule has 1 N–H and O–H groups in total. The Balaban J connectivity index is 1.39. The van der Waals surface area contributed by atoms with Gasteiger partial charge in [-0.3, -0.25) is 14.9 Å². The summed E-state index contributed by atoms with van der Waals surface area (Å²) in [6.07, 6.45) is 6.06. The number of amides is 2. The summed E-state index contributed by atoms with van der Waals surface area (Å²) in [5, 5.41) is 12.3. The molecule has 1 saturated heterocycles. The van der Waals surface area contributed by atoms with Crippen LogP contribution in [0.15, 0.2) is 54.6 Å². The standard InChI is InChI=1S/C25H28N4O2S/c1-2-3-5-9-18-13-15-20(16-14-18)24(31)29-17-8-12-21(29)22(30)26-25-28-27-23(32-25)19-10-6-4-7-11-19/h4,6-7,10-11,13-16,21H,2-3,5,8-9,12,17H2,1H3,(H,26,28,30). The van der Waals surface area contributed by atoms with Gasteiger partial charge in [-0.15, -0.1) is 10.2 Å². The average Bonchev–Trinajstić information content (AvgIpc) is 3.50. The molecular formula is C25H28N4O2S. The summed E-state index contributed by atoms with van der Waals surface area (Å²) in [6.45, 7) is 2.78. The van der Waals surface area contributed by atoms with E-state index in [9.17, 15) is 9.59 Å². The lowest BCUT2D eigenvalue weighted by atomic mass is 10.0. The molecule has 32 heavy (non-hydrogen) atoms. The van der Waals surface area contributed by atoms with Crippen molar-refractivity contribution in [3.63, 3.8) is 0 Å². The molecule has 7 heteroatoms. The van der Waals surface area contributed by atoms with Gasteiger partial charge in [0, 0.05) is 17.7 Å². The van der Waals surface area contributed by atoms with E-state index in [0.29, 0.717) is 23.7 Å². The van der Waals surface area contributed by atoms with Crippen LogP contribution < -0.4 is 5.32 Å². The lowest BCUT2D eigenvalue weighted by Crippen LogP contribution is -2.43. The highest BCUT2D eigenvalue weighted by molar-refractivity contribution is 7.18. The van der Waals surface area contributed by atoms with E-state index >= 15 is 0 Å². The molecule has 1 atom stereocenters. The van der Waals surface area contributed by atoms with Crippen LogP contribution in [-0.2, 0) is 11.2 Å². The number of hydrogen-bond donors (Lipinski definition) is 1. The molecule has 1 aliphatic heterocycles. The van der Waals surface area contributed by atoms with Gasteiger partial charge in [0.25, 0.3) is 5.91 Å². The molecule has 1 unspecified atom stereocenters. The first-order valence-corrected chi connectivity index (χ1v) is 12.1. The predicted octanol–water partition coefficient (Wildman–Crippen LogP) is 5.18. The molecule has 6 nitrogen and oxygen atoms in total. The maximum atomic E-state index is 13.1. The van der Waals surface area contributed by atoms with E-state index in [2.05, 4.69) is 22.4 Å². The van der Waals surface area contributed by atoms with Crippen molar-refractivity contribution >= 4 is 28.3 Å². The molecule has 166 valence electrons. The number of nitrogens with zero attached hydrogens (tertiary/aromatic N) is 3. The number of unbranched alkanes of at least 4 members (excludes halogenated alkanes) is 2. The fraction of sp³-hybridized carbons (Fsp3) is 0.360. The number of nitrogens with one attached hydrogen (secondary N) is 1. The van der Waals surface area contributed by atoms with Crippen LogP contribution in [0.4, 0.5) is 5.13 Å². The third-order valence-corrected chi connectivity index (χ3v) is 6.65. The Morgan fingerprint density at radius 2 is 1.84 bits per heavy atom. The second-order valence-electron chi connectivity index (χ2n) is 8.08. The number of hydrogen-bond acceptors (Lipinski definition) is 5. The quantitative estimate of drug-likeness (QED) is 0.482. The molecule has 0 radical (unpaired) electrons. The number of rotatable bonds is 8. The van der Waals surface area contributed by atoms with Crippen LogP contribution in [0.5, 0.6) is 0 Å². The van der Waals surface area contributed by atoms with Crippen LogP contribution in [0, 0.1) is 0 Å². The van der Waals surface area contributed by atoms with Gasteiger partial charge in [-0.05, 0) is 43.4 Å². The summed E-state index contributed by atoms with van der Waals surface area (Å²) in [5.41, 5.74) is 2.84. The second-order valence-corrected chi connectivity index (χ2v) is 9.06. The summed E-state index contributed by atoms with van der Waals surface area (Å²) in [7, 11) is 0. The maximum Gasteiger partial charge on any atom is 0.254 e. The first kappa shape index (κ1) is 22.1. The molecule has 2 heterocycles. The van der Waals surface area contributed by atoms with Crippen molar-refractivity contribution in [2.75, 3.05) is 11.9 Å². The summed E-state index contributed by atoms with van der Waals surface area (Å²) in [5.74, 6) is -0.298. The number of carbonyl (C=O) groups is 2. The van der Waals surface area contributed by atoms with Crippen LogP contribution in [0.3, 0.4) is 0 Å². The summed E-state index contributed by atoms with van der Waals surface area (Å²) < 4.78 is 0. The maximum absolute atomic E-state index is 13.1. The van der Waals surface area contributed by atoms with Crippen LogP contribution in [-0.4, -0.2) is 39.5 Å². The minimum absolute atomic E-state index is 0.0926. The Kier molecular flexibility index (Phi) is 7.27. The average molecular weight is 449 g/mol. The molecule has 1 aliphatic rings. The Morgan fingerprint density at radius 3 is 2.59 bits per heavy atom. The van der Waals surface area contributed by atoms with Gasteiger partial charge in [-0.2, -0.15) is 0 Å². The van der Waals surface area contributed by atoms with Crippen molar-refractivity contribution in [2.24, 2.45) is 0 Å². The minimum Gasteiger partial charge on any atom is -0.327 e. The predicted molar refractivity (Wildman–Crippen MR) is 128 cm³/mol. The molecule has 0 bridgehead atoms. The Labute approximate surface area is 192 Å². The zero-order chi connectivity index (χ0) is 22.3. The van der Waals surface area contributed by atoms with Crippen LogP contribution in [0.1, 0.15) is 54.9 Å². The molecule has 2 amide bonds. The van der Waals surface area contributed by atoms with E-state index in [1.54, 1.807) is 4.90 Å². The van der Waals surface area contributed by atoms with Crippen LogP contribution in [0.2, 0.25) is 0 Å². The van der Waals surface area contributed by atoms with Crippen molar-refractivity contribution < 1.29 is 9.59 Å². The van der Waals surface area contributed by atoms with Gasteiger partial charge in [0.05, 0.1) is 0 Å². The van der Waals surface area contributed by atoms with Crippen molar-refractivity contribution in [3.05, 3.63) is 65.7 Å². The Bertz CT molecular complexity index is 1050. The van der Waals surface area contributed by atoms with Gasteiger partial charge in [-0.25, -0.2) is 0 Å². The van der Waals surface area contributed by atoms with Crippen LogP contribution in [0.25, 0.3) is 10.6 Å². The highest BCUT2D eigenvalue weighted by Crippen LogP contribution is 2.27. The fourth-order valence-corrected chi connectivity index (χ4v) is 4.75. The van der Waals surface area contributed by atoms with E-state index in [1.807, 2.05) is 54.6 Å². The molecule has 0 spiro atoms. The van der Waals surface area contributed by atoms with Crippen molar-refractivity contribution in [3.8, 4) is 10.6 Å². The molecule has 0 saturated carbocycles. The highest BCUT2D eigenvalue weighted by Gasteiger charge is 2.35. The molecule has 4 rings (SSSR count). The van der Waals surface area contributed by atoms with Gasteiger partial charge >= 0.3 is 0 Å². The molecule has 3 aromatic rings. The third-order valence-electron chi connectivity index (χ3n) is 5.76. The molecule has 1 aromatic heterocycles. The second kappa shape index (κ2) is 10.5. The Morgan fingerprint density at radius 1 is 1.06 bits per heavy atom. The van der Waals surface area contributed by atoms with Crippen LogP contribution >= 0.6 is 11.3 Å². The van der Waals surface area contributed by atoms with Crippen molar-refractivity contribution in [1.29, 1.82) is 0 Å². The lowest BCUT2D eigenvalue weighted by molar-refractivity contribution is -0.119. The third kappa shape index (κ3) is 5.22. The molecule has 0 aliphatic carbocycles. The first-order chi connectivity index (χ1) is 15.7. The number of aryl methyl sites for hydroxylation is 1. The fourth-order valence-electron chi connectivity index (χ4n) is 4.00. The van der Waals surface area contributed by atoms with E-state index in [4.69, 9.17) is 0 Å².